The van der Waals surface area contributed by atoms with E-state index in [4.69, 9.17) is 0 Å². The average Bonchev–Trinajstić information content (AvgIpc) is 2.37. The van der Waals surface area contributed by atoms with Crippen LogP contribution in [-0.4, -0.2) is 40.2 Å². The van der Waals surface area contributed by atoms with E-state index in [1.807, 2.05) is 6.92 Å². The van der Waals surface area contributed by atoms with Gasteiger partial charge in [0.1, 0.15) is 12.6 Å². The molecule has 1 fully saturated rings. The van der Waals surface area contributed by atoms with E-state index in [1.54, 1.807) is 26.0 Å². The van der Waals surface area contributed by atoms with E-state index >= 15 is 0 Å². The van der Waals surface area contributed by atoms with Crippen molar-refractivity contribution in [2.75, 3.05) is 6.54 Å². The monoisotopic (exact) mass is 275 g/mol. The van der Waals surface area contributed by atoms with Gasteiger partial charge in [0.15, 0.2) is 0 Å². The van der Waals surface area contributed by atoms with Gasteiger partial charge >= 0.3 is 0 Å². The normalized spacial score (nSPS) is 18.9. The predicted molar refractivity (Wildman–Crippen MR) is 72.0 cm³/mol. The number of carbonyl (C=O) groups is 3. The molecule has 0 radical (unpaired) electrons. The number of aromatic nitrogens is 1. The average molecular weight is 275 g/mol. The van der Waals surface area contributed by atoms with E-state index in [0.29, 0.717) is 17.7 Å². The van der Waals surface area contributed by atoms with Crippen LogP contribution in [-0.2, 0) is 9.59 Å². The summed E-state index contributed by atoms with van der Waals surface area (Å²) in [4.78, 5) is 41.4. The number of aryl methyl sites for hydroxylation is 2. The molecule has 106 valence electrons. The van der Waals surface area contributed by atoms with Gasteiger partial charge in [-0.2, -0.15) is 0 Å². The van der Waals surface area contributed by atoms with Crippen molar-refractivity contribution in [3.8, 4) is 0 Å². The maximum Gasteiger partial charge on any atom is 0.256 e. The molecule has 1 aromatic heterocycles. The summed E-state index contributed by atoms with van der Waals surface area (Å²) in [6.07, 6.45) is 0.461. The van der Waals surface area contributed by atoms with Crippen LogP contribution in [0.15, 0.2) is 12.1 Å². The molecule has 6 nitrogen and oxygen atoms in total. The molecule has 3 amide bonds. The molecule has 20 heavy (non-hydrogen) atoms. The summed E-state index contributed by atoms with van der Waals surface area (Å²) in [5, 5.41) is 2.25. The van der Waals surface area contributed by atoms with Crippen molar-refractivity contribution < 1.29 is 14.4 Å². The maximum absolute atomic E-state index is 12.5. The summed E-state index contributed by atoms with van der Waals surface area (Å²) in [5.74, 6) is -1.20. The minimum atomic E-state index is -0.610. The van der Waals surface area contributed by atoms with Gasteiger partial charge in [-0.15, -0.1) is 0 Å². The Kier molecular flexibility index (Phi) is 3.83. The molecule has 1 saturated heterocycles. The Labute approximate surface area is 117 Å². The van der Waals surface area contributed by atoms with Gasteiger partial charge in [0, 0.05) is 5.69 Å². The summed E-state index contributed by atoms with van der Waals surface area (Å²) in [6, 6.07) is 2.82. The fourth-order valence-corrected chi connectivity index (χ4v) is 2.35. The van der Waals surface area contributed by atoms with Crippen molar-refractivity contribution >= 4 is 17.7 Å². The Morgan fingerprint density at radius 2 is 2.10 bits per heavy atom. The number of nitrogens with one attached hydrogen (secondary N) is 1. The second kappa shape index (κ2) is 5.40. The molecule has 2 rings (SSSR count). The van der Waals surface area contributed by atoms with Gasteiger partial charge in [-0.3, -0.25) is 24.7 Å². The third-order valence-corrected chi connectivity index (χ3v) is 3.36. The van der Waals surface area contributed by atoms with Crippen molar-refractivity contribution in [2.24, 2.45) is 0 Å². The standard InChI is InChI=1S/C14H17N3O3/c1-4-11-13(19)16-12(18)7-17(11)14(20)10-6-5-8(2)15-9(10)3/h5-6,11H,4,7H2,1-3H3,(H,16,18,19). The van der Waals surface area contributed by atoms with Crippen LogP contribution in [0.4, 0.5) is 0 Å². The molecular weight excluding hydrogens is 258 g/mol. The molecule has 0 spiro atoms. The highest BCUT2D eigenvalue weighted by atomic mass is 16.2. The van der Waals surface area contributed by atoms with Gasteiger partial charge in [-0.1, -0.05) is 6.92 Å². The lowest BCUT2D eigenvalue weighted by Crippen LogP contribution is -2.59. The van der Waals surface area contributed by atoms with E-state index in [-0.39, 0.29) is 12.5 Å². The molecule has 1 N–H and O–H groups in total. The van der Waals surface area contributed by atoms with Crippen LogP contribution in [0.25, 0.3) is 0 Å². The fourth-order valence-electron chi connectivity index (χ4n) is 2.35. The quantitative estimate of drug-likeness (QED) is 0.800. The van der Waals surface area contributed by atoms with Crippen LogP contribution in [0, 0.1) is 13.8 Å². The van der Waals surface area contributed by atoms with E-state index in [0.717, 1.165) is 5.69 Å². The summed E-state index contributed by atoms with van der Waals surface area (Å²) in [6.45, 7) is 5.29. The number of pyridine rings is 1. The summed E-state index contributed by atoms with van der Waals surface area (Å²) in [5.41, 5.74) is 1.85. The van der Waals surface area contributed by atoms with Crippen LogP contribution in [0.1, 0.15) is 35.1 Å². The molecule has 0 aliphatic carbocycles. The number of rotatable bonds is 2. The molecule has 0 bridgehead atoms. The number of hydrogen-bond donors (Lipinski definition) is 1. The largest absolute Gasteiger partial charge is 0.317 e. The Hall–Kier alpha value is -2.24. The van der Waals surface area contributed by atoms with Crippen molar-refractivity contribution in [3.63, 3.8) is 0 Å². The van der Waals surface area contributed by atoms with Gasteiger partial charge in [0.05, 0.1) is 11.3 Å². The first kappa shape index (κ1) is 14.2. The lowest BCUT2D eigenvalue weighted by molar-refractivity contribution is -0.138. The van der Waals surface area contributed by atoms with Crippen LogP contribution in [0.5, 0.6) is 0 Å². The summed E-state index contributed by atoms with van der Waals surface area (Å²) in [7, 11) is 0. The Balaban J connectivity index is 2.34. The maximum atomic E-state index is 12.5. The van der Waals surface area contributed by atoms with Crippen molar-refractivity contribution in [3.05, 3.63) is 29.1 Å². The number of nitrogens with zero attached hydrogens (tertiary/aromatic N) is 2. The van der Waals surface area contributed by atoms with Crippen molar-refractivity contribution in [2.45, 2.75) is 33.2 Å². The van der Waals surface area contributed by atoms with Crippen LogP contribution >= 0.6 is 0 Å². The lowest BCUT2D eigenvalue weighted by Gasteiger charge is -2.33. The topological polar surface area (TPSA) is 79.4 Å². The first-order chi connectivity index (χ1) is 9.43. The Morgan fingerprint density at radius 1 is 1.40 bits per heavy atom. The molecule has 1 atom stereocenters. The Bertz CT molecular complexity index is 583. The number of imide groups is 1. The van der Waals surface area contributed by atoms with E-state index in [9.17, 15) is 14.4 Å². The predicted octanol–water partition coefficient (Wildman–Crippen LogP) is 0.576. The van der Waals surface area contributed by atoms with Gasteiger partial charge in [-0.25, -0.2) is 0 Å². The van der Waals surface area contributed by atoms with E-state index in [1.165, 1.54) is 4.90 Å². The first-order valence-corrected chi connectivity index (χ1v) is 6.53. The fraction of sp³-hybridized carbons (Fsp3) is 0.429. The molecule has 0 saturated carbocycles. The highest BCUT2D eigenvalue weighted by Gasteiger charge is 2.36. The van der Waals surface area contributed by atoms with Gasteiger partial charge in [-0.05, 0) is 32.4 Å². The smallest absolute Gasteiger partial charge is 0.256 e. The number of piperazine rings is 1. The van der Waals surface area contributed by atoms with Crippen LogP contribution in [0.3, 0.4) is 0 Å². The molecule has 6 heteroatoms. The van der Waals surface area contributed by atoms with Crippen molar-refractivity contribution in [1.82, 2.24) is 15.2 Å². The highest BCUT2D eigenvalue weighted by Crippen LogP contribution is 2.16. The molecule has 1 aliphatic heterocycles. The Morgan fingerprint density at radius 3 is 2.70 bits per heavy atom. The molecule has 2 heterocycles. The van der Waals surface area contributed by atoms with Gasteiger partial charge in [0.25, 0.3) is 5.91 Å². The summed E-state index contributed by atoms with van der Waals surface area (Å²) < 4.78 is 0. The second-order valence-corrected chi connectivity index (χ2v) is 4.86. The zero-order chi connectivity index (χ0) is 14.9. The van der Waals surface area contributed by atoms with Crippen molar-refractivity contribution in [1.29, 1.82) is 0 Å². The van der Waals surface area contributed by atoms with Gasteiger partial charge in [0.2, 0.25) is 11.8 Å². The van der Waals surface area contributed by atoms with Crippen LogP contribution in [0.2, 0.25) is 0 Å². The second-order valence-electron chi connectivity index (χ2n) is 4.86. The number of hydrogen-bond acceptors (Lipinski definition) is 4. The molecule has 0 aromatic carbocycles. The van der Waals surface area contributed by atoms with Gasteiger partial charge < -0.3 is 4.90 Å². The zero-order valence-corrected chi connectivity index (χ0v) is 11.8. The molecule has 1 unspecified atom stereocenters. The molecular formula is C14H17N3O3. The molecule has 1 aromatic rings. The molecule has 1 aliphatic rings. The summed E-state index contributed by atoms with van der Waals surface area (Å²) >= 11 is 0. The minimum Gasteiger partial charge on any atom is -0.317 e. The highest BCUT2D eigenvalue weighted by molar-refractivity contribution is 6.07. The SMILES string of the molecule is CCC1C(=O)NC(=O)CN1C(=O)c1ccc(C)nc1C. The zero-order valence-electron chi connectivity index (χ0n) is 11.8. The number of amides is 3. The van der Waals surface area contributed by atoms with E-state index < -0.39 is 17.9 Å². The third kappa shape index (κ3) is 2.54. The van der Waals surface area contributed by atoms with Crippen LogP contribution < -0.4 is 5.32 Å². The first-order valence-electron chi connectivity index (χ1n) is 6.53. The minimum absolute atomic E-state index is 0.101. The number of carbonyl (C=O) groups excluding carboxylic acids is 3. The lowest BCUT2D eigenvalue weighted by atomic mass is 10.1. The van der Waals surface area contributed by atoms with E-state index in [2.05, 4.69) is 10.3 Å². The third-order valence-electron chi connectivity index (χ3n) is 3.36.